The summed E-state index contributed by atoms with van der Waals surface area (Å²) in [5.74, 6) is -0.406. The summed E-state index contributed by atoms with van der Waals surface area (Å²) in [6.45, 7) is 15.1. The van der Waals surface area contributed by atoms with E-state index < -0.39 is 12.0 Å². The molecule has 1 N–H and O–H groups in total. The largest absolute Gasteiger partial charge is 0.463 e. The van der Waals surface area contributed by atoms with Crippen LogP contribution in [0.15, 0.2) is 65.9 Å². The van der Waals surface area contributed by atoms with Gasteiger partial charge in [0.15, 0.2) is 0 Å². The number of hydrogen-bond acceptors (Lipinski definition) is 5. The number of esters is 1. The highest BCUT2D eigenvalue weighted by atomic mass is 16.5. The molecule has 214 valence electrons. The number of piperazine rings is 1. The summed E-state index contributed by atoms with van der Waals surface area (Å²) in [5, 5.41) is 3.05. The molecule has 8 heteroatoms. The molecule has 8 nitrogen and oxygen atoms in total. The molecular formula is C32H42N4O4. The average molecular weight is 547 g/mol. The van der Waals surface area contributed by atoms with Gasteiger partial charge in [-0.1, -0.05) is 63.2 Å². The van der Waals surface area contributed by atoms with E-state index in [1.807, 2.05) is 61.2 Å². The lowest BCUT2D eigenvalue weighted by molar-refractivity contribution is -0.139. The molecular weight excluding hydrogens is 504 g/mol. The minimum Gasteiger partial charge on any atom is -0.463 e. The van der Waals surface area contributed by atoms with Gasteiger partial charge in [-0.2, -0.15) is 0 Å². The Morgan fingerprint density at radius 2 is 1.68 bits per heavy atom. The van der Waals surface area contributed by atoms with Crippen LogP contribution < -0.4 is 5.32 Å². The van der Waals surface area contributed by atoms with Crippen LogP contribution in [0.5, 0.6) is 0 Å². The fraction of sp³-hybridized carbons (Fsp3) is 0.469. The van der Waals surface area contributed by atoms with E-state index >= 15 is 0 Å². The molecule has 0 radical (unpaired) electrons. The van der Waals surface area contributed by atoms with Gasteiger partial charge < -0.3 is 15.0 Å². The summed E-state index contributed by atoms with van der Waals surface area (Å²) < 4.78 is 5.53. The number of nitrogens with zero attached hydrogens (tertiary/aromatic N) is 3. The van der Waals surface area contributed by atoms with Crippen molar-refractivity contribution in [3.63, 3.8) is 0 Å². The number of benzene rings is 2. The summed E-state index contributed by atoms with van der Waals surface area (Å²) >= 11 is 0. The molecule has 2 aliphatic rings. The number of carbonyl (C=O) groups excluding carboxylic acids is 3. The molecule has 0 aromatic heterocycles. The van der Waals surface area contributed by atoms with Gasteiger partial charge in [0.1, 0.15) is 0 Å². The maximum absolute atomic E-state index is 13.5. The van der Waals surface area contributed by atoms with Crippen molar-refractivity contribution in [3.8, 4) is 0 Å². The lowest BCUT2D eigenvalue weighted by atomic mass is 9.85. The van der Waals surface area contributed by atoms with E-state index in [2.05, 4.69) is 43.1 Å². The average Bonchev–Trinajstić information content (AvgIpc) is 2.93. The van der Waals surface area contributed by atoms with Crippen LogP contribution in [0.3, 0.4) is 0 Å². The Kier molecular flexibility index (Phi) is 8.98. The third kappa shape index (κ3) is 6.22. The van der Waals surface area contributed by atoms with Crippen molar-refractivity contribution >= 4 is 17.9 Å². The van der Waals surface area contributed by atoms with Gasteiger partial charge in [0.05, 0.1) is 18.2 Å². The molecule has 2 aromatic rings. The van der Waals surface area contributed by atoms with E-state index in [1.54, 1.807) is 11.8 Å². The topological polar surface area (TPSA) is 82.2 Å². The zero-order chi connectivity index (χ0) is 29.0. The predicted octanol–water partition coefficient (Wildman–Crippen LogP) is 4.73. The molecule has 4 rings (SSSR count). The first-order chi connectivity index (χ1) is 19.0. The van der Waals surface area contributed by atoms with E-state index in [-0.39, 0.29) is 30.0 Å². The summed E-state index contributed by atoms with van der Waals surface area (Å²) in [5.41, 5.74) is 3.79. The zero-order valence-corrected chi connectivity index (χ0v) is 24.6. The SMILES string of the molecule is CCOC(=O)C1=C(CN2CCN(C(=O)c3ccccc3)C(C)C2)N(CC)C(=O)NC1c1ccc(C(C)(C)C)cc1. The second-order valence-electron chi connectivity index (χ2n) is 11.5. The normalized spacial score (nSPS) is 20.4. The maximum atomic E-state index is 13.5. The van der Waals surface area contributed by atoms with Crippen LogP contribution >= 0.6 is 0 Å². The van der Waals surface area contributed by atoms with Crippen molar-refractivity contribution < 1.29 is 19.1 Å². The minimum absolute atomic E-state index is 0.0148. The lowest BCUT2D eigenvalue weighted by Gasteiger charge is -2.43. The van der Waals surface area contributed by atoms with E-state index in [9.17, 15) is 14.4 Å². The number of hydrogen-bond donors (Lipinski definition) is 1. The molecule has 0 aliphatic carbocycles. The van der Waals surface area contributed by atoms with Gasteiger partial charge >= 0.3 is 12.0 Å². The molecule has 40 heavy (non-hydrogen) atoms. The first kappa shape index (κ1) is 29.3. The van der Waals surface area contributed by atoms with Crippen molar-refractivity contribution in [2.75, 3.05) is 39.3 Å². The Hall–Kier alpha value is -3.65. The van der Waals surface area contributed by atoms with Gasteiger partial charge in [-0.3, -0.25) is 14.6 Å². The van der Waals surface area contributed by atoms with Crippen molar-refractivity contribution in [3.05, 3.63) is 82.6 Å². The predicted molar refractivity (Wildman–Crippen MR) is 156 cm³/mol. The number of carbonyl (C=O) groups is 3. The van der Waals surface area contributed by atoms with Gasteiger partial charge in [-0.15, -0.1) is 0 Å². The standard InChI is InChI=1S/C32H42N4O4/c1-7-35-26(21-34-18-19-36(22(3)20-34)29(37)24-12-10-9-11-13-24)27(30(38)40-8-2)28(33-31(35)39)23-14-16-25(17-15-23)32(4,5)6/h9-17,22,28H,7-8,18-21H2,1-6H3,(H,33,39). The van der Waals surface area contributed by atoms with Gasteiger partial charge in [-0.05, 0) is 49.4 Å². The lowest BCUT2D eigenvalue weighted by Crippen LogP contribution is -2.56. The van der Waals surface area contributed by atoms with Gasteiger partial charge in [0.25, 0.3) is 5.91 Å². The Balaban J connectivity index is 1.64. The first-order valence-corrected chi connectivity index (χ1v) is 14.2. The molecule has 2 heterocycles. The van der Waals surface area contributed by atoms with Crippen molar-refractivity contribution in [2.45, 2.75) is 59.0 Å². The van der Waals surface area contributed by atoms with Crippen molar-refractivity contribution in [2.24, 2.45) is 0 Å². The Morgan fingerprint density at radius 3 is 2.25 bits per heavy atom. The molecule has 0 saturated carbocycles. The van der Waals surface area contributed by atoms with Crippen LogP contribution in [0.25, 0.3) is 0 Å². The highest BCUT2D eigenvalue weighted by molar-refractivity contribution is 5.95. The number of amides is 3. The molecule has 2 aliphatic heterocycles. The van der Waals surface area contributed by atoms with Crippen LogP contribution in [0.4, 0.5) is 4.79 Å². The third-order valence-electron chi connectivity index (χ3n) is 7.73. The molecule has 2 unspecified atom stereocenters. The van der Waals surface area contributed by atoms with Crippen LogP contribution in [0.1, 0.15) is 69.1 Å². The third-order valence-corrected chi connectivity index (χ3v) is 7.73. The Bertz CT molecular complexity index is 1250. The fourth-order valence-corrected chi connectivity index (χ4v) is 5.52. The fourth-order valence-electron chi connectivity index (χ4n) is 5.52. The molecule has 1 fully saturated rings. The van der Waals surface area contributed by atoms with E-state index in [0.717, 1.165) is 5.56 Å². The Morgan fingerprint density at radius 1 is 1.00 bits per heavy atom. The zero-order valence-electron chi connectivity index (χ0n) is 24.6. The number of likely N-dealkylation sites (N-methyl/N-ethyl adjacent to an activating group) is 1. The molecule has 0 spiro atoms. The highest BCUT2D eigenvalue weighted by Gasteiger charge is 2.39. The maximum Gasteiger partial charge on any atom is 0.338 e. The van der Waals surface area contributed by atoms with Crippen molar-refractivity contribution in [1.82, 2.24) is 20.0 Å². The second kappa shape index (κ2) is 12.3. The summed E-state index contributed by atoms with van der Waals surface area (Å²) in [6.07, 6.45) is 0. The van der Waals surface area contributed by atoms with Gasteiger partial charge in [0.2, 0.25) is 0 Å². The van der Waals surface area contributed by atoms with Crippen LogP contribution in [0, 0.1) is 0 Å². The molecule has 2 atom stereocenters. The first-order valence-electron chi connectivity index (χ1n) is 14.2. The molecule has 2 aromatic carbocycles. The summed E-state index contributed by atoms with van der Waals surface area (Å²) in [4.78, 5) is 45.7. The van der Waals surface area contributed by atoms with Gasteiger partial charge in [-0.25, -0.2) is 9.59 Å². The smallest absolute Gasteiger partial charge is 0.338 e. The highest BCUT2D eigenvalue weighted by Crippen LogP contribution is 2.33. The molecule has 3 amide bonds. The number of urea groups is 1. The number of nitrogens with one attached hydrogen (secondary N) is 1. The monoisotopic (exact) mass is 546 g/mol. The number of rotatable bonds is 7. The molecule has 1 saturated heterocycles. The second-order valence-corrected chi connectivity index (χ2v) is 11.5. The van der Waals surface area contributed by atoms with E-state index in [1.165, 1.54) is 5.56 Å². The molecule has 0 bridgehead atoms. The van der Waals surface area contributed by atoms with E-state index in [0.29, 0.717) is 49.6 Å². The summed E-state index contributed by atoms with van der Waals surface area (Å²) in [7, 11) is 0. The van der Waals surface area contributed by atoms with Gasteiger partial charge in [0, 0.05) is 50.0 Å². The Labute approximate surface area is 238 Å². The summed E-state index contributed by atoms with van der Waals surface area (Å²) in [6, 6.07) is 16.5. The van der Waals surface area contributed by atoms with E-state index in [4.69, 9.17) is 4.74 Å². The number of ether oxygens (including phenoxy) is 1. The van der Waals surface area contributed by atoms with Crippen molar-refractivity contribution in [1.29, 1.82) is 0 Å². The van der Waals surface area contributed by atoms with Crippen LogP contribution in [-0.4, -0.2) is 78.0 Å². The minimum atomic E-state index is -0.614. The van der Waals surface area contributed by atoms with Crippen LogP contribution in [0.2, 0.25) is 0 Å². The quantitative estimate of drug-likeness (QED) is 0.508. The van der Waals surface area contributed by atoms with Crippen LogP contribution in [-0.2, 0) is 14.9 Å².